The lowest BCUT2D eigenvalue weighted by Gasteiger charge is -2.26. The molecule has 2 N–H and O–H groups in total. The van der Waals surface area contributed by atoms with Crippen molar-refractivity contribution >= 4 is 51.5 Å². The molecule has 7 nitrogen and oxygen atoms in total. The van der Waals surface area contributed by atoms with Gasteiger partial charge in [0.25, 0.3) is 5.91 Å². The van der Waals surface area contributed by atoms with Gasteiger partial charge in [-0.25, -0.2) is 4.79 Å². The van der Waals surface area contributed by atoms with Crippen LogP contribution in [-0.2, 0) is 22.5 Å². The number of nitrogens with zero attached hydrogens (tertiary/aromatic N) is 1. The number of ether oxygens (including phenoxy) is 1. The normalized spacial score (nSPS) is 13.3. The van der Waals surface area contributed by atoms with Crippen LogP contribution in [0.4, 0.5) is 28.7 Å². The van der Waals surface area contributed by atoms with Gasteiger partial charge in [0, 0.05) is 22.1 Å². The van der Waals surface area contributed by atoms with Gasteiger partial charge < -0.3 is 20.3 Å². The van der Waals surface area contributed by atoms with E-state index in [-0.39, 0.29) is 36.7 Å². The van der Waals surface area contributed by atoms with E-state index in [1.54, 1.807) is 29.6 Å². The predicted molar refractivity (Wildman–Crippen MR) is 114 cm³/mol. The zero-order chi connectivity index (χ0) is 23.5. The van der Waals surface area contributed by atoms with E-state index >= 15 is 0 Å². The number of alkyl halides is 3. The Labute approximate surface area is 190 Å². The summed E-state index contributed by atoms with van der Waals surface area (Å²) in [5.74, 6) is -2.86. The summed E-state index contributed by atoms with van der Waals surface area (Å²) in [7, 11) is 0. The number of carbonyl (C=O) groups is 3. The van der Waals surface area contributed by atoms with Gasteiger partial charge in [0.05, 0.1) is 18.7 Å². The van der Waals surface area contributed by atoms with Gasteiger partial charge in [-0.05, 0) is 42.7 Å². The first kappa shape index (κ1) is 23.9. The third kappa shape index (κ3) is 5.52. The molecule has 0 aliphatic carbocycles. The molecule has 0 radical (unpaired) electrons. The molecule has 1 aromatic heterocycles. The Morgan fingerprint density at radius 3 is 2.50 bits per heavy atom. The Morgan fingerprint density at radius 1 is 1.19 bits per heavy atom. The second-order valence-electron chi connectivity index (χ2n) is 6.91. The Bertz CT molecular complexity index is 1020. The number of amides is 3. The van der Waals surface area contributed by atoms with E-state index in [1.807, 2.05) is 6.92 Å². The second kappa shape index (κ2) is 9.78. The molecule has 0 unspecified atom stereocenters. The molecule has 0 saturated heterocycles. The third-order valence-electron chi connectivity index (χ3n) is 4.56. The van der Waals surface area contributed by atoms with E-state index in [2.05, 4.69) is 5.32 Å². The molecular formula is C20H19ClF3N3O4S. The molecule has 1 aromatic carbocycles. The molecule has 2 heterocycles. The lowest BCUT2D eigenvalue weighted by molar-refractivity contribution is -0.167. The van der Waals surface area contributed by atoms with E-state index in [0.717, 1.165) is 11.3 Å². The largest absolute Gasteiger partial charge is 0.471 e. The SMILES string of the molecule is CCCOC(=O)N1CCc2c(sc(NC(=O)C(F)(F)F)c2C(=O)Nc2ccc(Cl)cc2)C1. The number of thiophene rings is 1. The van der Waals surface area contributed by atoms with Crippen molar-refractivity contribution in [1.29, 1.82) is 0 Å². The van der Waals surface area contributed by atoms with Crippen LogP contribution in [0.1, 0.15) is 34.1 Å². The second-order valence-corrected chi connectivity index (χ2v) is 8.45. The molecule has 1 aliphatic heterocycles. The fourth-order valence-electron chi connectivity index (χ4n) is 3.07. The maximum atomic E-state index is 13.0. The summed E-state index contributed by atoms with van der Waals surface area (Å²) >= 11 is 6.66. The van der Waals surface area contributed by atoms with Crippen LogP contribution in [0, 0.1) is 0 Å². The van der Waals surface area contributed by atoms with Crippen molar-refractivity contribution in [1.82, 2.24) is 4.90 Å². The van der Waals surface area contributed by atoms with Crippen LogP contribution in [0.5, 0.6) is 0 Å². The van der Waals surface area contributed by atoms with Crippen molar-refractivity contribution in [3.8, 4) is 0 Å². The van der Waals surface area contributed by atoms with Crippen molar-refractivity contribution in [2.75, 3.05) is 23.8 Å². The maximum Gasteiger partial charge on any atom is 0.471 e. The van der Waals surface area contributed by atoms with Crippen LogP contribution in [0.3, 0.4) is 0 Å². The molecule has 0 fully saturated rings. The quantitative estimate of drug-likeness (QED) is 0.614. The maximum absolute atomic E-state index is 13.0. The van der Waals surface area contributed by atoms with Gasteiger partial charge in [0.15, 0.2) is 0 Å². The fraction of sp³-hybridized carbons (Fsp3) is 0.350. The van der Waals surface area contributed by atoms with Crippen LogP contribution in [-0.4, -0.2) is 42.1 Å². The number of anilines is 2. The monoisotopic (exact) mass is 489 g/mol. The number of benzene rings is 1. The Balaban J connectivity index is 1.91. The minimum absolute atomic E-state index is 0.0564. The van der Waals surface area contributed by atoms with Crippen LogP contribution in [0.2, 0.25) is 5.02 Å². The molecule has 2 aromatic rings. The summed E-state index contributed by atoms with van der Waals surface area (Å²) in [5.41, 5.74) is 0.811. The summed E-state index contributed by atoms with van der Waals surface area (Å²) in [4.78, 5) is 38.6. The van der Waals surface area contributed by atoms with Crippen molar-refractivity contribution in [2.45, 2.75) is 32.5 Å². The van der Waals surface area contributed by atoms with Gasteiger partial charge in [-0.2, -0.15) is 13.2 Å². The average molecular weight is 490 g/mol. The lowest BCUT2D eigenvalue weighted by Crippen LogP contribution is -2.36. The molecular weight excluding hydrogens is 471 g/mol. The van der Waals surface area contributed by atoms with Gasteiger partial charge in [-0.15, -0.1) is 11.3 Å². The summed E-state index contributed by atoms with van der Waals surface area (Å²) < 4.78 is 43.6. The summed E-state index contributed by atoms with van der Waals surface area (Å²) in [6, 6.07) is 6.18. The van der Waals surface area contributed by atoms with E-state index in [0.29, 0.717) is 27.6 Å². The molecule has 1 aliphatic rings. The minimum atomic E-state index is -5.12. The molecule has 3 amide bonds. The van der Waals surface area contributed by atoms with Crippen molar-refractivity contribution in [3.05, 3.63) is 45.3 Å². The van der Waals surface area contributed by atoms with Crippen LogP contribution < -0.4 is 10.6 Å². The Hall–Kier alpha value is -2.79. The van der Waals surface area contributed by atoms with Gasteiger partial charge in [0.1, 0.15) is 5.00 Å². The molecule has 32 heavy (non-hydrogen) atoms. The van der Waals surface area contributed by atoms with Crippen molar-refractivity contribution < 1.29 is 32.3 Å². The Morgan fingerprint density at radius 2 is 1.88 bits per heavy atom. The average Bonchev–Trinajstić information content (AvgIpc) is 3.10. The van der Waals surface area contributed by atoms with Crippen molar-refractivity contribution in [3.63, 3.8) is 0 Å². The van der Waals surface area contributed by atoms with E-state index in [4.69, 9.17) is 16.3 Å². The number of carbonyl (C=O) groups excluding carboxylic acids is 3. The lowest BCUT2D eigenvalue weighted by atomic mass is 10.0. The molecule has 0 saturated carbocycles. The first-order valence-corrected chi connectivity index (χ1v) is 10.8. The summed E-state index contributed by atoms with van der Waals surface area (Å²) in [5, 5.41) is 4.63. The first-order valence-electron chi connectivity index (χ1n) is 9.61. The first-order chi connectivity index (χ1) is 15.1. The number of nitrogens with one attached hydrogen (secondary N) is 2. The highest BCUT2D eigenvalue weighted by atomic mass is 35.5. The highest BCUT2D eigenvalue weighted by molar-refractivity contribution is 7.17. The van der Waals surface area contributed by atoms with Gasteiger partial charge >= 0.3 is 18.2 Å². The third-order valence-corrected chi connectivity index (χ3v) is 5.94. The van der Waals surface area contributed by atoms with E-state index < -0.39 is 24.1 Å². The van der Waals surface area contributed by atoms with E-state index in [1.165, 1.54) is 4.90 Å². The number of hydrogen-bond acceptors (Lipinski definition) is 5. The molecule has 172 valence electrons. The number of rotatable bonds is 5. The zero-order valence-electron chi connectivity index (χ0n) is 16.8. The number of fused-ring (bicyclic) bond motifs is 1. The van der Waals surface area contributed by atoms with Crippen LogP contribution >= 0.6 is 22.9 Å². The number of halogens is 4. The summed E-state index contributed by atoms with van der Waals surface area (Å²) in [6.45, 7) is 2.38. The van der Waals surface area contributed by atoms with Crippen LogP contribution in [0.25, 0.3) is 0 Å². The Kier molecular flexibility index (Phi) is 7.29. The predicted octanol–water partition coefficient (Wildman–Crippen LogP) is 5.06. The van der Waals surface area contributed by atoms with Crippen LogP contribution in [0.15, 0.2) is 24.3 Å². The van der Waals surface area contributed by atoms with Gasteiger partial charge in [-0.1, -0.05) is 18.5 Å². The van der Waals surface area contributed by atoms with Gasteiger partial charge in [-0.3, -0.25) is 9.59 Å². The fourth-order valence-corrected chi connectivity index (χ4v) is 4.45. The van der Waals surface area contributed by atoms with Gasteiger partial charge in [0.2, 0.25) is 0 Å². The number of hydrogen-bond donors (Lipinski definition) is 2. The highest BCUT2D eigenvalue weighted by Gasteiger charge is 2.40. The summed E-state index contributed by atoms with van der Waals surface area (Å²) in [6.07, 6.45) is -4.80. The smallest absolute Gasteiger partial charge is 0.449 e. The van der Waals surface area contributed by atoms with Crippen molar-refractivity contribution in [2.24, 2.45) is 0 Å². The standard InChI is InChI=1S/C20H19ClF3N3O4S/c1-2-9-31-19(30)27-8-7-13-14(10-27)32-17(26-18(29)20(22,23)24)15(13)16(28)25-12-5-3-11(21)4-6-12/h3-6H,2,7-10H2,1H3,(H,25,28)(H,26,29). The molecule has 12 heteroatoms. The molecule has 0 spiro atoms. The van der Waals surface area contributed by atoms with E-state index in [9.17, 15) is 27.6 Å². The molecule has 0 bridgehead atoms. The molecule has 3 rings (SSSR count). The topological polar surface area (TPSA) is 87.7 Å². The zero-order valence-corrected chi connectivity index (χ0v) is 18.4. The molecule has 0 atom stereocenters. The highest BCUT2D eigenvalue weighted by Crippen LogP contribution is 2.38. The minimum Gasteiger partial charge on any atom is -0.449 e.